The average molecular weight is 334 g/mol. The van der Waals surface area contributed by atoms with E-state index in [0.29, 0.717) is 13.0 Å². The van der Waals surface area contributed by atoms with Crippen LogP contribution >= 0.6 is 0 Å². The van der Waals surface area contributed by atoms with Gasteiger partial charge in [-0.05, 0) is 18.9 Å². The predicted molar refractivity (Wildman–Crippen MR) is 85.5 cm³/mol. The maximum atomic E-state index is 11.8. The number of nitro groups is 1. The number of hydrogen-bond donors (Lipinski definition) is 2. The Bertz CT molecular complexity index is 674. The number of carbonyl (C=O) groups excluding carboxylic acids is 2. The number of hydrogen-bond acceptors (Lipinski definition) is 6. The first-order valence-corrected chi connectivity index (χ1v) is 7.54. The molecular weight excluding hydrogens is 316 g/mol. The molecule has 1 aromatic rings. The fourth-order valence-electron chi connectivity index (χ4n) is 2.35. The van der Waals surface area contributed by atoms with Crippen molar-refractivity contribution in [2.45, 2.75) is 25.7 Å². The zero-order chi connectivity index (χ0) is 17.5. The van der Waals surface area contributed by atoms with Crippen molar-refractivity contribution in [3.8, 4) is 5.75 Å². The Morgan fingerprint density at radius 2 is 2.21 bits per heavy atom. The van der Waals surface area contributed by atoms with Gasteiger partial charge in [-0.1, -0.05) is 6.42 Å². The van der Waals surface area contributed by atoms with Crippen molar-refractivity contribution in [3.05, 3.63) is 33.9 Å². The second-order valence-corrected chi connectivity index (χ2v) is 5.42. The maximum Gasteiger partial charge on any atom is 0.270 e. The van der Waals surface area contributed by atoms with Crippen LogP contribution in [0.3, 0.4) is 0 Å². The molecule has 9 heteroatoms. The molecule has 128 valence electrons. The summed E-state index contributed by atoms with van der Waals surface area (Å²) in [6.07, 6.45) is 4.22. The first kappa shape index (κ1) is 17.4. The first-order chi connectivity index (χ1) is 11.5. The summed E-state index contributed by atoms with van der Waals surface area (Å²) in [4.78, 5) is 35.2. The number of aromatic hydroxyl groups is 1. The van der Waals surface area contributed by atoms with E-state index in [4.69, 9.17) is 0 Å². The van der Waals surface area contributed by atoms with Crippen LogP contribution < -0.4 is 5.43 Å². The van der Waals surface area contributed by atoms with Crippen molar-refractivity contribution in [2.24, 2.45) is 5.10 Å². The number of phenolic OH excluding ortho intramolecular Hbond substituents is 1. The highest BCUT2D eigenvalue weighted by Gasteiger charge is 2.18. The molecule has 0 bridgehead atoms. The average Bonchev–Trinajstić information content (AvgIpc) is 2.74. The fraction of sp³-hybridized carbons (Fsp3) is 0.400. The number of nitro benzene ring substituents is 1. The van der Waals surface area contributed by atoms with E-state index >= 15 is 0 Å². The number of hydrazone groups is 1. The smallest absolute Gasteiger partial charge is 0.270 e. The lowest BCUT2D eigenvalue weighted by molar-refractivity contribution is -0.384. The van der Waals surface area contributed by atoms with Crippen molar-refractivity contribution in [1.29, 1.82) is 0 Å². The summed E-state index contributed by atoms with van der Waals surface area (Å²) in [5, 5.41) is 24.0. The van der Waals surface area contributed by atoms with E-state index in [-0.39, 0.29) is 29.5 Å². The minimum absolute atomic E-state index is 0.0528. The summed E-state index contributed by atoms with van der Waals surface area (Å²) in [6, 6.07) is 3.48. The van der Waals surface area contributed by atoms with Crippen molar-refractivity contribution in [3.63, 3.8) is 0 Å². The van der Waals surface area contributed by atoms with Crippen LogP contribution in [0.25, 0.3) is 0 Å². The molecule has 0 saturated carbocycles. The number of non-ortho nitro benzene ring substituents is 1. The Morgan fingerprint density at radius 1 is 1.42 bits per heavy atom. The van der Waals surface area contributed by atoms with Crippen LogP contribution in [0.4, 0.5) is 5.69 Å². The van der Waals surface area contributed by atoms with Gasteiger partial charge >= 0.3 is 0 Å². The highest BCUT2D eigenvalue weighted by atomic mass is 16.6. The van der Waals surface area contributed by atoms with Gasteiger partial charge in [-0.15, -0.1) is 0 Å². The Hall–Kier alpha value is -2.97. The molecule has 1 aliphatic heterocycles. The molecule has 1 heterocycles. The molecule has 0 aliphatic carbocycles. The number of phenols is 1. The van der Waals surface area contributed by atoms with Crippen molar-refractivity contribution < 1.29 is 19.6 Å². The second kappa shape index (κ2) is 8.04. The molecule has 0 aromatic heterocycles. The molecule has 1 aliphatic rings. The fourth-order valence-corrected chi connectivity index (χ4v) is 2.35. The van der Waals surface area contributed by atoms with Gasteiger partial charge in [0.25, 0.3) is 11.6 Å². The molecule has 1 fully saturated rings. The SMILES string of the molecule is O=C(CN1CCCCCC1=O)N/N=C\c1cc([N+](=O)[O-])ccc1O. The largest absolute Gasteiger partial charge is 0.507 e. The molecule has 9 nitrogen and oxygen atoms in total. The highest BCUT2D eigenvalue weighted by molar-refractivity contribution is 5.88. The summed E-state index contributed by atoms with van der Waals surface area (Å²) in [7, 11) is 0. The molecule has 2 N–H and O–H groups in total. The van der Waals surface area contributed by atoms with Gasteiger partial charge in [-0.2, -0.15) is 5.10 Å². The van der Waals surface area contributed by atoms with Gasteiger partial charge in [-0.3, -0.25) is 19.7 Å². The van der Waals surface area contributed by atoms with Crippen molar-refractivity contribution in [2.75, 3.05) is 13.1 Å². The summed E-state index contributed by atoms with van der Waals surface area (Å²) >= 11 is 0. The molecule has 0 radical (unpaired) electrons. The summed E-state index contributed by atoms with van der Waals surface area (Å²) < 4.78 is 0. The monoisotopic (exact) mass is 334 g/mol. The van der Waals surface area contributed by atoms with Gasteiger partial charge in [0.15, 0.2) is 0 Å². The van der Waals surface area contributed by atoms with E-state index in [1.165, 1.54) is 11.0 Å². The molecular formula is C15H18N4O5. The number of nitrogens with zero attached hydrogens (tertiary/aromatic N) is 3. The van der Waals surface area contributed by atoms with Crippen LogP contribution in [0.15, 0.2) is 23.3 Å². The second-order valence-electron chi connectivity index (χ2n) is 5.42. The highest BCUT2D eigenvalue weighted by Crippen LogP contribution is 2.21. The molecule has 0 atom stereocenters. The first-order valence-electron chi connectivity index (χ1n) is 7.54. The Kier molecular flexibility index (Phi) is 5.83. The molecule has 0 spiro atoms. The molecule has 1 aromatic carbocycles. The zero-order valence-electron chi connectivity index (χ0n) is 13.0. The minimum Gasteiger partial charge on any atom is -0.507 e. The molecule has 24 heavy (non-hydrogen) atoms. The van der Waals surface area contributed by atoms with E-state index in [0.717, 1.165) is 37.6 Å². The third-order valence-corrected chi connectivity index (χ3v) is 3.62. The quantitative estimate of drug-likeness (QED) is 0.475. The van der Waals surface area contributed by atoms with Gasteiger partial charge in [0, 0.05) is 30.7 Å². The van der Waals surface area contributed by atoms with E-state index < -0.39 is 10.8 Å². The van der Waals surface area contributed by atoms with Crippen LogP contribution in [0.1, 0.15) is 31.2 Å². The number of rotatable bonds is 5. The lowest BCUT2D eigenvalue weighted by atomic mass is 10.2. The van der Waals surface area contributed by atoms with Gasteiger partial charge in [0.2, 0.25) is 5.91 Å². The van der Waals surface area contributed by atoms with Crippen LogP contribution in [0, 0.1) is 10.1 Å². The number of amides is 2. The van der Waals surface area contributed by atoms with E-state index in [1.807, 2.05) is 0 Å². The van der Waals surface area contributed by atoms with Crippen molar-refractivity contribution in [1.82, 2.24) is 10.3 Å². The summed E-state index contributed by atoms with van der Waals surface area (Å²) in [5.74, 6) is -0.712. The molecule has 1 saturated heterocycles. The lowest BCUT2D eigenvalue weighted by Gasteiger charge is -2.18. The Morgan fingerprint density at radius 3 is 2.96 bits per heavy atom. The van der Waals surface area contributed by atoms with Crippen molar-refractivity contribution >= 4 is 23.7 Å². The standard InChI is InChI=1S/C15H18N4O5/c20-13-6-5-12(19(23)24)8-11(13)9-16-17-14(21)10-18-7-3-1-2-4-15(18)22/h5-6,8-9,20H,1-4,7,10H2,(H,17,21)/b16-9-. The van der Waals surface area contributed by atoms with E-state index in [1.54, 1.807) is 0 Å². The van der Waals surface area contributed by atoms with Crippen LogP contribution in [-0.2, 0) is 9.59 Å². The number of carbonyl (C=O) groups is 2. The van der Waals surface area contributed by atoms with Gasteiger partial charge < -0.3 is 10.0 Å². The molecule has 2 rings (SSSR count). The van der Waals surface area contributed by atoms with E-state index in [9.17, 15) is 24.8 Å². The minimum atomic E-state index is -0.597. The Balaban J connectivity index is 1.93. The third-order valence-electron chi connectivity index (χ3n) is 3.62. The summed E-state index contributed by atoms with van der Waals surface area (Å²) in [6.45, 7) is 0.457. The molecule has 2 amide bonds. The van der Waals surface area contributed by atoms with Gasteiger partial charge in [0.1, 0.15) is 12.3 Å². The van der Waals surface area contributed by atoms with Gasteiger partial charge in [0.05, 0.1) is 11.1 Å². The topological polar surface area (TPSA) is 125 Å². The number of benzene rings is 1. The van der Waals surface area contributed by atoms with Crippen LogP contribution in [0.2, 0.25) is 0 Å². The number of nitrogens with one attached hydrogen (secondary N) is 1. The maximum absolute atomic E-state index is 11.8. The van der Waals surface area contributed by atoms with Gasteiger partial charge in [-0.25, -0.2) is 5.43 Å². The van der Waals surface area contributed by atoms with E-state index in [2.05, 4.69) is 10.5 Å². The van der Waals surface area contributed by atoms with Crippen LogP contribution in [-0.4, -0.2) is 46.0 Å². The zero-order valence-corrected chi connectivity index (χ0v) is 13.0. The number of likely N-dealkylation sites (tertiary alicyclic amines) is 1. The Labute approximate surface area is 138 Å². The molecule has 0 unspecified atom stereocenters. The third kappa shape index (κ3) is 4.77. The van der Waals surface area contributed by atoms with Crippen LogP contribution in [0.5, 0.6) is 5.75 Å². The summed E-state index contributed by atoms with van der Waals surface area (Å²) in [5.41, 5.74) is 2.16. The normalized spacial score (nSPS) is 15.3. The lowest BCUT2D eigenvalue weighted by Crippen LogP contribution is -2.39. The predicted octanol–water partition coefficient (Wildman–Crippen LogP) is 1.15.